The fourth-order valence-corrected chi connectivity index (χ4v) is 2.72. The maximum absolute atomic E-state index is 12.8. The van der Waals surface area contributed by atoms with E-state index in [-0.39, 0.29) is 17.7 Å². The Hall–Kier alpha value is -1.75. The van der Waals surface area contributed by atoms with E-state index in [1.165, 1.54) is 0 Å². The minimum absolute atomic E-state index is 0.0810. The Morgan fingerprint density at radius 3 is 2.67 bits per heavy atom. The maximum Gasteiger partial charge on any atom is 0.274 e. The number of phenols is 1. The molecule has 0 spiro atoms. The molecule has 0 unspecified atom stereocenters. The van der Waals surface area contributed by atoms with Crippen molar-refractivity contribution >= 4 is 27.5 Å². The Morgan fingerprint density at radius 1 is 1.38 bits per heavy atom. The molecule has 1 aromatic carbocycles. The van der Waals surface area contributed by atoms with Gasteiger partial charge in [-0.05, 0) is 54.9 Å². The van der Waals surface area contributed by atoms with Crippen LogP contribution in [0.1, 0.15) is 37.3 Å². The molecule has 112 valence electrons. The minimum Gasteiger partial charge on any atom is -0.508 e. The summed E-state index contributed by atoms with van der Waals surface area (Å²) in [6.45, 7) is 6.52. The molecule has 0 radical (unpaired) electrons. The number of nitrogens with zero attached hydrogens (tertiary/aromatic N) is 2. The first kappa shape index (κ1) is 15.6. The number of halogens is 1. The molecule has 1 heterocycles. The van der Waals surface area contributed by atoms with Crippen molar-refractivity contribution in [2.24, 2.45) is 0 Å². The number of rotatable bonds is 4. The van der Waals surface area contributed by atoms with Crippen LogP contribution >= 0.6 is 15.9 Å². The number of hydrogen-bond donors (Lipinski definition) is 1. The van der Waals surface area contributed by atoms with Gasteiger partial charge < -0.3 is 14.6 Å². The number of hydrogen-bond acceptors (Lipinski definition) is 2. The number of aromatic nitrogens is 1. The summed E-state index contributed by atoms with van der Waals surface area (Å²) in [7, 11) is 0. The highest BCUT2D eigenvalue weighted by Crippen LogP contribution is 2.25. The smallest absolute Gasteiger partial charge is 0.274 e. The van der Waals surface area contributed by atoms with Crippen LogP contribution < -0.4 is 4.90 Å². The average Bonchev–Trinajstić information content (AvgIpc) is 2.82. The summed E-state index contributed by atoms with van der Waals surface area (Å²) < 4.78 is 2.82. The van der Waals surface area contributed by atoms with Gasteiger partial charge in [-0.25, -0.2) is 0 Å². The fourth-order valence-electron chi connectivity index (χ4n) is 2.29. The topological polar surface area (TPSA) is 45.5 Å². The van der Waals surface area contributed by atoms with Gasteiger partial charge in [0.1, 0.15) is 11.4 Å². The lowest BCUT2D eigenvalue weighted by molar-refractivity contribution is 0.0978. The van der Waals surface area contributed by atoms with E-state index in [0.717, 1.165) is 4.47 Å². The largest absolute Gasteiger partial charge is 0.508 e. The first-order valence-electron chi connectivity index (χ1n) is 6.92. The molecule has 1 N–H and O–H groups in total. The van der Waals surface area contributed by atoms with Crippen LogP contribution in [0.3, 0.4) is 0 Å². The van der Waals surface area contributed by atoms with E-state index in [9.17, 15) is 9.90 Å². The lowest BCUT2D eigenvalue weighted by Gasteiger charge is -2.23. The van der Waals surface area contributed by atoms with E-state index in [1.807, 2.05) is 43.7 Å². The van der Waals surface area contributed by atoms with E-state index in [1.54, 1.807) is 23.1 Å². The molecule has 0 aliphatic rings. The third-order valence-corrected chi connectivity index (χ3v) is 3.73. The van der Waals surface area contributed by atoms with Crippen LogP contribution in [-0.4, -0.2) is 22.1 Å². The zero-order valence-corrected chi connectivity index (χ0v) is 14.0. The van der Waals surface area contributed by atoms with Crippen LogP contribution in [-0.2, 0) is 0 Å². The lowest BCUT2D eigenvalue weighted by Crippen LogP contribution is -2.32. The standard InChI is InChI=1S/C16H19BrN2O2/c1-4-18(13-6-5-7-14(20)9-13)16(21)15-8-12(17)10-19(15)11(2)3/h5-11,20H,4H2,1-3H3. The molecule has 4 nitrogen and oxygen atoms in total. The monoisotopic (exact) mass is 350 g/mol. The summed E-state index contributed by atoms with van der Waals surface area (Å²) in [5.74, 6) is 0.0710. The van der Waals surface area contributed by atoms with Gasteiger partial charge in [0, 0.05) is 35.0 Å². The van der Waals surface area contributed by atoms with Gasteiger partial charge in [-0.15, -0.1) is 0 Å². The summed E-state index contributed by atoms with van der Waals surface area (Å²) in [5.41, 5.74) is 1.32. The van der Waals surface area contributed by atoms with E-state index in [0.29, 0.717) is 17.9 Å². The Morgan fingerprint density at radius 2 is 2.10 bits per heavy atom. The van der Waals surface area contributed by atoms with Crippen LogP contribution in [0.25, 0.3) is 0 Å². The van der Waals surface area contributed by atoms with Crippen molar-refractivity contribution in [1.29, 1.82) is 0 Å². The minimum atomic E-state index is -0.0810. The predicted octanol–water partition coefficient (Wildman–Crippen LogP) is 4.20. The number of phenolic OH excluding ortho intramolecular Hbond substituents is 1. The molecule has 0 bridgehead atoms. The van der Waals surface area contributed by atoms with Gasteiger partial charge in [0.2, 0.25) is 0 Å². The molecule has 0 aliphatic carbocycles. The predicted molar refractivity (Wildman–Crippen MR) is 88.0 cm³/mol. The zero-order chi connectivity index (χ0) is 15.6. The molecule has 2 rings (SSSR count). The second-order valence-electron chi connectivity index (χ2n) is 5.11. The molecular weight excluding hydrogens is 332 g/mol. The van der Waals surface area contributed by atoms with Crippen molar-refractivity contribution in [1.82, 2.24) is 4.57 Å². The van der Waals surface area contributed by atoms with Crippen molar-refractivity contribution in [2.75, 3.05) is 11.4 Å². The van der Waals surface area contributed by atoms with Crippen molar-refractivity contribution < 1.29 is 9.90 Å². The summed E-state index contributed by atoms with van der Waals surface area (Å²) in [6, 6.07) is 8.76. The SMILES string of the molecule is CCN(C(=O)c1cc(Br)cn1C(C)C)c1cccc(O)c1. The highest BCUT2D eigenvalue weighted by molar-refractivity contribution is 9.10. The van der Waals surface area contributed by atoms with Gasteiger partial charge in [0.15, 0.2) is 0 Å². The molecule has 0 atom stereocenters. The van der Waals surface area contributed by atoms with Crippen molar-refractivity contribution in [2.45, 2.75) is 26.8 Å². The molecule has 1 amide bonds. The van der Waals surface area contributed by atoms with Crippen molar-refractivity contribution in [3.8, 4) is 5.75 Å². The Balaban J connectivity index is 2.41. The highest BCUT2D eigenvalue weighted by Gasteiger charge is 2.21. The van der Waals surface area contributed by atoms with Crippen LogP contribution in [0.2, 0.25) is 0 Å². The zero-order valence-electron chi connectivity index (χ0n) is 12.4. The van der Waals surface area contributed by atoms with Gasteiger partial charge >= 0.3 is 0 Å². The highest BCUT2D eigenvalue weighted by atomic mass is 79.9. The van der Waals surface area contributed by atoms with Gasteiger partial charge in [0.25, 0.3) is 5.91 Å². The van der Waals surface area contributed by atoms with E-state index in [4.69, 9.17) is 0 Å². The summed E-state index contributed by atoms with van der Waals surface area (Å²) in [5, 5.41) is 9.61. The van der Waals surface area contributed by atoms with E-state index < -0.39 is 0 Å². The van der Waals surface area contributed by atoms with Crippen molar-refractivity contribution in [3.63, 3.8) is 0 Å². The first-order chi connectivity index (χ1) is 9.93. The first-order valence-corrected chi connectivity index (χ1v) is 7.71. The molecule has 0 fully saturated rings. The van der Waals surface area contributed by atoms with Gasteiger partial charge in [-0.2, -0.15) is 0 Å². The number of benzene rings is 1. The Kier molecular flexibility index (Phi) is 4.73. The Bertz CT molecular complexity index is 649. The molecule has 1 aromatic heterocycles. The number of anilines is 1. The molecule has 0 saturated heterocycles. The van der Waals surface area contributed by atoms with E-state index in [2.05, 4.69) is 15.9 Å². The van der Waals surface area contributed by atoms with Gasteiger partial charge in [0.05, 0.1) is 0 Å². The molecule has 5 heteroatoms. The van der Waals surface area contributed by atoms with Crippen LogP contribution in [0.5, 0.6) is 5.75 Å². The summed E-state index contributed by atoms with van der Waals surface area (Å²) >= 11 is 3.43. The lowest BCUT2D eigenvalue weighted by atomic mass is 10.2. The number of amides is 1. The summed E-state index contributed by atoms with van der Waals surface area (Å²) in [4.78, 5) is 14.5. The fraction of sp³-hybridized carbons (Fsp3) is 0.312. The molecule has 0 aliphatic heterocycles. The summed E-state index contributed by atoms with van der Waals surface area (Å²) in [6.07, 6.45) is 1.91. The third kappa shape index (κ3) is 3.29. The second-order valence-corrected chi connectivity index (χ2v) is 6.03. The van der Waals surface area contributed by atoms with Crippen molar-refractivity contribution in [3.05, 3.63) is 46.7 Å². The number of carbonyl (C=O) groups is 1. The van der Waals surface area contributed by atoms with E-state index >= 15 is 0 Å². The molecule has 0 saturated carbocycles. The third-order valence-electron chi connectivity index (χ3n) is 3.29. The Labute approximate surface area is 133 Å². The van der Waals surface area contributed by atoms with Gasteiger partial charge in [-0.3, -0.25) is 4.79 Å². The quantitative estimate of drug-likeness (QED) is 0.897. The van der Waals surface area contributed by atoms with Crippen LogP contribution in [0.15, 0.2) is 41.0 Å². The molecular formula is C16H19BrN2O2. The van der Waals surface area contributed by atoms with Gasteiger partial charge in [-0.1, -0.05) is 6.07 Å². The van der Waals surface area contributed by atoms with Crippen LogP contribution in [0, 0.1) is 0 Å². The molecule has 21 heavy (non-hydrogen) atoms. The maximum atomic E-state index is 12.8. The number of carbonyl (C=O) groups excluding carboxylic acids is 1. The normalized spacial score (nSPS) is 10.9. The average molecular weight is 351 g/mol. The second kappa shape index (κ2) is 6.35. The van der Waals surface area contributed by atoms with Crippen LogP contribution in [0.4, 0.5) is 5.69 Å². The number of aromatic hydroxyl groups is 1. The molecule has 2 aromatic rings.